The zero-order valence-electron chi connectivity index (χ0n) is 14.3. The Morgan fingerprint density at radius 1 is 1.22 bits per heavy atom. The Hall–Kier alpha value is -3.32. The van der Waals surface area contributed by atoms with Crippen LogP contribution in [0.2, 0.25) is 5.02 Å². The number of aryl methyl sites for hydroxylation is 1. The van der Waals surface area contributed by atoms with Crippen LogP contribution in [-0.4, -0.2) is 26.2 Å². The molecule has 2 aromatic carbocycles. The van der Waals surface area contributed by atoms with Crippen molar-refractivity contribution in [2.75, 3.05) is 5.32 Å². The molecule has 27 heavy (non-hydrogen) atoms. The second-order valence-electron chi connectivity index (χ2n) is 5.94. The van der Waals surface area contributed by atoms with E-state index in [2.05, 4.69) is 15.3 Å². The number of halogens is 1. The third-order valence-electron chi connectivity index (χ3n) is 4.01. The first kappa shape index (κ1) is 18.5. The first-order chi connectivity index (χ1) is 12.8. The molecule has 0 atom stereocenters. The summed E-state index contributed by atoms with van der Waals surface area (Å²) in [7, 11) is 0. The van der Waals surface area contributed by atoms with Crippen molar-refractivity contribution in [3.05, 3.63) is 80.2 Å². The number of aromatic nitrogens is 2. The van der Waals surface area contributed by atoms with Gasteiger partial charge in [-0.2, -0.15) is 0 Å². The minimum atomic E-state index is -1.26. The average molecular weight is 386 g/mol. The summed E-state index contributed by atoms with van der Waals surface area (Å²) < 4.78 is 0. The van der Waals surface area contributed by atoms with Gasteiger partial charge in [-0.1, -0.05) is 23.7 Å². The molecule has 0 unspecified atom stereocenters. The molecule has 0 amide bonds. The molecule has 138 valence electrons. The number of hydrogen-bond donors (Lipinski definition) is 4. The number of nitrogens with one attached hydrogen (secondary N) is 2. The molecular weight excluding hydrogens is 370 g/mol. The number of phenols is 1. The zero-order chi connectivity index (χ0) is 19.6. The summed E-state index contributed by atoms with van der Waals surface area (Å²) in [5, 5.41) is 22.1. The highest BCUT2D eigenvalue weighted by Crippen LogP contribution is 2.23. The second kappa shape index (κ2) is 7.51. The maximum atomic E-state index is 12.5. The summed E-state index contributed by atoms with van der Waals surface area (Å²) in [4.78, 5) is 30.5. The van der Waals surface area contributed by atoms with Gasteiger partial charge in [0, 0.05) is 22.7 Å². The highest BCUT2D eigenvalue weighted by atomic mass is 35.5. The van der Waals surface area contributed by atoms with Crippen molar-refractivity contribution in [3.8, 4) is 5.75 Å². The Kier molecular flexibility index (Phi) is 5.14. The third-order valence-corrected chi connectivity index (χ3v) is 4.26. The summed E-state index contributed by atoms with van der Waals surface area (Å²) in [5.74, 6) is -1.42. The van der Waals surface area contributed by atoms with Crippen molar-refractivity contribution >= 4 is 29.2 Å². The summed E-state index contributed by atoms with van der Waals surface area (Å²) in [6.07, 6.45) is 0.411. The Labute approximate surface area is 159 Å². The van der Waals surface area contributed by atoms with Gasteiger partial charge >= 0.3 is 5.97 Å². The molecule has 0 saturated heterocycles. The van der Waals surface area contributed by atoms with Crippen molar-refractivity contribution in [2.45, 2.75) is 13.3 Å². The summed E-state index contributed by atoms with van der Waals surface area (Å²) >= 11 is 5.87. The molecule has 0 aliphatic rings. The molecule has 0 radical (unpaired) electrons. The molecular formula is C19H16ClN3O4. The van der Waals surface area contributed by atoms with E-state index in [4.69, 9.17) is 16.7 Å². The van der Waals surface area contributed by atoms with E-state index >= 15 is 0 Å². The van der Waals surface area contributed by atoms with E-state index in [1.807, 2.05) is 12.1 Å². The van der Waals surface area contributed by atoms with E-state index in [0.717, 1.165) is 5.56 Å². The maximum absolute atomic E-state index is 12.5. The predicted octanol–water partition coefficient (Wildman–Crippen LogP) is 3.47. The van der Waals surface area contributed by atoms with Crippen molar-refractivity contribution in [2.24, 2.45) is 0 Å². The molecule has 0 bridgehead atoms. The van der Waals surface area contributed by atoms with E-state index < -0.39 is 5.97 Å². The van der Waals surface area contributed by atoms with Crippen LogP contribution in [0.25, 0.3) is 0 Å². The number of carbonyl (C=O) groups is 1. The Morgan fingerprint density at radius 2 is 1.93 bits per heavy atom. The number of aromatic hydroxyl groups is 1. The van der Waals surface area contributed by atoms with Gasteiger partial charge in [-0.15, -0.1) is 0 Å². The van der Waals surface area contributed by atoms with Gasteiger partial charge in [-0.3, -0.25) is 9.78 Å². The molecule has 0 aliphatic heterocycles. The molecule has 8 heteroatoms. The molecule has 7 nitrogen and oxygen atoms in total. The molecule has 0 aliphatic carbocycles. The van der Waals surface area contributed by atoms with Crippen LogP contribution in [0.4, 0.5) is 11.6 Å². The van der Waals surface area contributed by atoms with Crippen molar-refractivity contribution < 1.29 is 15.0 Å². The lowest BCUT2D eigenvalue weighted by molar-refractivity contribution is 0.0694. The fraction of sp³-hybridized carbons (Fsp3) is 0.105. The van der Waals surface area contributed by atoms with Crippen LogP contribution >= 0.6 is 11.6 Å². The molecule has 1 aromatic heterocycles. The van der Waals surface area contributed by atoms with Crippen LogP contribution in [0.15, 0.2) is 47.3 Å². The lowest BCUT2D eigenvalue weighted by atomic mass is 10.1. The fourth-order valence-corrected chi connectivity index (χ4v) is 2.73. The summed E-state index contributed by atoms with van der Waals surface area (Å²) in [6, 6.07) is 11.2. The van der Waals surface area contributed by atoms with E-state index in [0.29, 0.717) is 28.4 Å². The van der Waals surface area contributed by atoms with Gasteiger partial charge in [0.25, 0.3) is 5.56 Å². The number of H-pyrrole nitrogens is 1. The predicted molar refractivity (Wildman–Crippen MR) is 102 cm³/mol. The largest absolute Gasteiger partial charge is 0.507 e. The summed E-state index contributed by atoms with van der Waals surface area (Å²) in [5.41, 5.74) is 1.84. The van der Waals surface area contributed by atoms with E-state index in [-0.39, 0.29) is 22.8 Å². The van der Waals surface area contributed by atoms with Crippen LogP contribution in [-0.2, 0) is 6.42 Å². The normalized spacial score (nSPS) is 10.6. The molecule has 3 rings (SSSR count). The molecule has 3 aromatic rings. The van der Waals surface area contributed by atoms with Gasteiger partial charge < -0.3 is 15.5 Å². The topological polar surface area (TPSA) is 115 Å². The highest BCUT2D eigenvalue weighted by Gasteiger charge is 2.12. The first-order valence-corrected chi connectivity index (χ1v) is 8.39. The maximum Gasteiger partial charge on any atom is 0.339 e. The number of rotatable bonds is 5. The zero-order valence-corrected chi connectivity index (χ0v) is 15.0. The van der Waals surface area contributed by atoms with E-state index in [1.54, 1.807) is 19.1 Å². The SMILES string of the molecule is Cc1nc(Nc2ccc(O)c(C(=O)O)c2)[nH]c(=O)c1Cc1ccc(Cl)cc1. The molecule has 0 saturated carbocycles. The van der Waals surface area contributed by atoms with Gasteiger partial charge in [0.1, 0.15) is 11.3 Å². The smallest absolute Gasteiger partial charge is 0.339 e. The van der Waals surface area contributed by atoms with Gasteiger partial charge in [-0.05, 0) is 42.8 Å². The molecule has 1 heterocycles. The fourth-order valence-electron chi connectivity index (χ4n) is 2.61. The molecule has 0 spiro atoms. The highest BCUT2D eigenvalue weighted by molar-refractivity contribution is 6.30. The minimum absolute atomic E-state index is 0.180. The van der Waals surface area contributed by atoms with Gasteiger partial charge in [0.15, 0.2) is 0 Å². The standard InChI is InChI=1S/C19H16ClN3O4/c1-10-14(8-11-2-4-12(20)5-3-11)17(25)23-19(21-10)22-13-6-7-16(24)15(9-13)18(26)27/h2-7,9,24H,8H2,1H3,(H,26,27)(H2,21,22,23,25). The van der Waals surface area contributed by atoms with Crippen LogP contribution in [0.1, 0.15) is 27.2 Å². The van der Waals surface area contributed by atoms with Crippen LogP contribution in [0.3, 0.4) is 0 Å². The number of benzene rings is 2. The third kappa shape index (κ3) is 4.27. The van der Waals surface area contributed by atoms with E-state index in [9.17, 15) is 14.7 Å². The number of carboxylic acids is 1. The first-order valence-electron chi connectivity index (χ1n) is 8.01. The number of hydrogen-bond acceptors (Lipinski definition) is 5. The van der Waals surface area contributed by atoms with Crippen LogP contribution < -0.4 is 10.9 Å². The lowest BCUT2D eigenvalue weighted by Gasteiger charge is -2.10. The Balaban J connectivity index is 1.86. The average Bonchev–Trinajstić information content (AvgIpc) is 2.61. The van der Waals surface area contributed by atoms with Gasteiger partial charge in [0.2, 0.25) is 5.95 Å². The lowest BCUT2D eigenvalue weighted by Crippen LogP contribution is -2.18. The van der Waals surface area contributed by atoms with E-state index in [1.165, 1.54) is 18.2 Å². The number of aromatic carboxylic acids is 1. The van der Waals surface area contributed by atoms with Gasteiger partial charge in [-0.25, -0.2) is 9.78 Å². The van der Waals surface area contributed by atoms with Gasteiger partial charge in [0.05, 0.1) is 5.69 Å². The van der Waals surface area contributed by atoms with Crippen LogP contribution in [0, 0.1) is 6.92 Å². The second-order valence-corrected chi connectivity index (χ2v) is 6.38. The number of aromatic amines is 1. The number of carboxylic acid groups (broad SMARTS) is 1. The number of anilines is 2. The van der Waals surface area contributed by atoms with Crippen molar-refractivity contribution in [1.82, 2.24) is 9.97 Å². The molecule has 4 N–H and O–H groups in total. The Morgan fingerprint density at radius 3 is 2.56 bits per heavy atom. The summed E-state index contributed by atoms with van der Waals surface area (Å²) in [6.45, 7) is 1.73. The number of nitrogens with zero attached hydrogens (tertiary/aromatic N) is 1. The van der Waals surface area contributed by atoms with Crippen molar-refractivity contribution in [1.29, 1.82) is 0 Å². The monoisotopic (exact) mass is 385 g/mol. The van der Waals surface area contributed by atoms with Crippen LogP contribution in [0.5, 0.6) is 5.75 Å². The molecule has 0 fully saturated rings. The van der Waals surface area contributed by atoms with Crippen molar-refractivity contribution in [3.63, 3.8) is 0 Å². The Bertz CT molecular complexity index is 1060. The quantitative estimate of drug-likeness (QED) is 0.500. The minimum Gasteiger partial charge on any atom is -0.507 e.